The van der Waals surface area contributed by atoms with E-state index in [4.69, 9.17) is 9.47 Å². The van der Waals surface area contributed by atoms with E-state index >= 15 is 0 Å². The lowest BCUT2D eigenvalue weighted by Crippen LogP contribution is -2.29. The first-order valence-electron chi connectivity index (χ1n) is 6.48. The van der Waals surface area contributed by atoms with Gasteiger partial charge in [0.05, 0.1) is 13.2 Å². The molecule has 112 valence electrons. The molecule has 0 spiro atoms. The lowest BCUT2D eigenvalue weighted by molar-refractivity contribution is -0.146. The summed E-state index contributed by atoms with van der Waals surface area (Å²) in [6.07, 6.45) is -0.142. The van der Waals surface area contributed by atoms with Crippen molar-refractivity contribution in [1.82, 2.24) is 9.80 Å². The summed E-state index contributed by atoms with van der Waals surface area (Å²) in [5.74, 6) is -0.629. The minimum absolute atomic E-state index is 0.142. The van der Waals surface area contributed by atoms with Gasteiger partial charge < -0.3 is 19.3 Å². The van der Waals surface area contributed by atoms with Crippen molar-refractivity contribution in [2.75, 3.05) is 60.6 Å². The van der Waals surface area contributed by atoms with Crippen LogP contribution >= 0.6 is 0 Å². The van der Waals surface area contributed by atoms with Gasteiger partial charge in [0.1, 0.15) is 18.8 Å². The first kappa shape index (κ1) is 18.0. The average molecular weight is 274 g/mol. The number of rotatable bonds is 11. The van der Waals surface area contributed by atoms with E-state index < -0.39 is 5.97 Å². The molecule has 0 aliphatic rings. The number of Topliss-reactive ketones (excluding diaryl/α,β-unsaturated/α-hetero) is 1. The third-order valence-corrected chi connectivity index (χ3v) is 2.43. The van der Waals surface area contributed by atoms with Crippen molar-refractivity contribution in [3.05, 3.63) is 0 Å². The molecule has 0 aromatic carbocycles. The van der Waals surface area contributed by atoms with Crippen LogP contribution in [-0.4, -0.2) is 82.2 Å². The maximum atomic E-state index is 11.1. The van der Waals surface area contributed by atoms with Gasteiger partial charge in [-0.3, -0.25) is 9.59 Å². The topological polar surface area (TPSA) is 59.1 Å². The molecule has 0 N–H and O–H groups in total. The van der Waals surface area contributed by atoms with Crippen molar-refractivity contribution in [1.29, 1.82) is 0 Å². The Bertz CT molecular complexity index is 269. The summed E-state index contributed by atoms with van der Waals surface area (Å²) in [5.41, 5.74) is 0. The number of ketones is 1. The Balaban J connectivity index is 3.41. The number of hydrogen-bond donors (Lipinski definition) is 0. The highest BCUT2D eigenvalue weighted by atomic mass is 16.5. The van der Waals surface area contributed by atoms with E-state index in [-0.39, 0.29) is 12.2 Å². The maximum absolute atomic E-state index is 11.1. The summed E-state index contributed by atoms with van der Waals surface area (Å²) in [6, 6.07) is 0. The predicted octanol–water partition coefficient (Wildman–Crippen LogP) is 0.0187. The summed E-state index contributed by atoms with van der Waals surface area (Å²) >= 11 is 0. The SMILES string of the molecule is CC(=O)CC(=O)OCCN(C)CCOCCN(C)C. The van der Waals surface area contributed by atoms with Gasteiger partial charge in [-0.05, 0) is 28.1 Å². The minimum Gasteiger partial charge on any atom is -0.464 e. The van der Waals surface area contributed by atoms with E-state index in [9.17, 15) is 9.59 Å². The number of carbonyl (C=O) groups is 2. The van der Waals surface area contributed by atoms with Crippen LogP contribution in [0.3, 0.4) is 0 Å². The van der Waals surface area contributed by atoms with Crippen LogP contribution in [0.1, 0.15) is 13.3 Å². The molecule has 0 radical (unpaired) electrons. The molecule has 0 aliphatic heterocycles. The number of esters is 1. The quantitative estimate of drug-likeness (QED) is 0.301. The van der Waals surface area contributed by atoms with Crippen LogP contribution < -0.4 is 0 Å². The standard InChI is InChI=1S/C13H26N2O4/c1-12(16)11-13(17)19-10-7-15(4)6-9-18-8-5-14(2)3/h5-11H2,1-4H3. The molecule has 0 bridgehead atoms. The van der Waals surface area contributed by atoms with Gasteiger partial charge in [0.25, 0.3) is 0 Å². The van der Waals surface area contributed by atoms with Crippen molar-refractivity contribution in [3.63, 3.8) is 0 Å². The first-order valence-corrected chi connectivity index (χ1v) is 6.48. The molecule has 6 heteroatoms. The van der Waals surface area contributed by atoms with Crippen molar-refractivity contribution in [3.8, 4) is 0 Å². The maximum Gasteiger partial charge on any atom is 0.313 e. The van der Waals surface area contributed by atoms with Gasteiger partial charge in [-0.2, -0.15) is 0 Å². The van der Waals surface area contributed by atoms with Crippen LogP contribution in [0, 0.1) is 0 Å². The van der Waals surface area contributed by atoms with Crippen LogP contribution in [0.25, 0.3) is 0 Å². The first-order chi connectivity index (χ1) is 8.91. The van der Waals surface area contributed by atoms with Gasteiger partial charge in [-0.1, -0.05) is 0 Å². The van der Waals surface area contributed by atoms with Gasteiger partial charge >= 0.3 is 5.97 Å². The zero-order valence-corrected chi connectivity index (χ0v) is 12.5. The lowest BCUT2D eigenvalue weighted by Gasteiger charge is -2.17. The highest BCUT2D eigenvalue weighted by Gasteiger charge is 2.06. The van der Waals surface area contributed by atoms with Gasteiger partial charge in [0.15, 0.2) is 0 Å². The van der Waals surface area contributed by atoms with E-state index in [2.05, 4.69) is 4.90 Å². The molecule has 6 nitrogen and oxygen atoms in total. The van der Waals surface area contributed by atoms with E-state index in [1.165, 1.54) is 6.92 Å². The number of carbonyl (C=O) groups excluding carboxylic acids is 2. The van der Waals surface area contributed by atoms with E-state index in [0.29, 0.717) is 26.4 Å². The Morgan fingerprint density at radius 1 is 0.947 bits per heavy atom. The molecule has 0 aliphatic carbocycles. The van der Waals surface area contributed by atoms with E-state index in [1.54, 1.807) is 0 Å². The Morgan fingerprint density at radius 2 is 1.53 bits per heavy atom. The largest absolute Gasteiger partial charge is 0.464 e. The number of hydrogen-bond acceptors (Lipinski definition) is 6. The van der Waals surface area contributed by atoms with Crippen LogP contribution in [-0.2, 0) is 19.1 Å². The smallest absolute Gasteiger partial charge is 0.313 e. The molecule has 0 saturated carbocycles. The number of ether oxygens (including phenoxy) is 2. The molecule has 0 heterocycles. The third kappa shape index (κ3) is 13.3. The molecule has 0 atom stereocenters. The molecule has 0 aromatic rings. The second kappa shape index (κ2) is 10.9. The van der Waals surface area contributed by atoms with Gasteiger partial charge in [0, 0.05) is 19.6 Å². The van der Waals surface area contributed by atoms with Crippen LogP contribution in [0.15, 0.2) is 0 Å². The fraction of sp³-hybridized carbons (Fsp3) is 0.846. The van der Waals surface area contributed by atoms with E-state index in [0.717, 1.165) is 13.1 Å². The van der Waals surface area contributed by atoms with Crippen molar-refractivity contribution < 1.29 is 19.1 Å². The number of nitrogens with zero attached hydrogens (tertiary/aromatic N) is 2. The molecular formula is C13H26N2O4. The molecule has 0 aromatic heterocycles. The third-order valence-electron chi connectivity index (χ3n) is 2.43. The van der Waals surface area contributed by atoms with Crippen LogP contribution in [0.5, 0.6) is 0 Å². The number of likely N-dealkylation sites (N-methyl/N-ethyl adjacent to an activating group) is 2. The van der Waals surface area contributed by atoms with Gasteiger partial charge in [-0.25, -0.2) is 0 Å². The van der Waals surface area contributed by atoms with Crippen molar-refractivity contribution in [2.24, 2.45) is 0 Å². The second-order valence-electron chi connectivity index (χ2n) is 4.82. The zero-order valence-electron chi connectivity index (χ0n) is 12.5. The highest BCUT2D eigenvalue weighted by molar-refractivity contribution is 5.94. The summed E-state index contributed by atoms with van der Waals surface area (Å²) in [7, 11) is 5.95. The second-order valence-corrected chi connectivity index (χ2v) is 4.82. The predicted molar refractivity (Wildman–Crippen MR) is 73.1 cm³/mol. The molecule has 0 amide bonds. The van der Waals surface area contributed by atoms with E-state index in [1.807, 2.05) is 26.0 Å². The average Bonchev–Trinajstić information content (AvgIpc) is 2.27. The minimum atomic E-state index is -0.455. The Hall–Kier alpha value is -0.980. The molecule has 0 saturated heterocycles. The Labute approximate surface area is 115 Å². The molecule has 0 fully saturated rings. The Morgan fingerprint density at radius 3 is 2.11 bits per heavy atom. The summed E-state index contributed by atoms with van der Waals surface area (Å²) in [4.78, 5) is 25.9. The summed E-state index contributed by atoms with van der Waals surface area (Å²) in [5, 5.41) is 0. The molecular weight excluding hydrogens is 248 g/mol. The highest BCUT2D eigenvalue weighted by Crippen LogP contribution is 1.90. The molecule has 0 rings (SSSR count). The van der Waals surface area contributed by atoms with Crippen LogP contribution in [0.2, 0.25) is 0 Å². The fourth-order valence-electron chi connectivity index (χ4n) is 1.25. The zero-order chi connectivity index (χ0) is 14.7. The molecule has 0 unspecified atom stereocenters. The van der Waals surface area contributed by atoms with Crippen LogP contribution in [0.4, 0.5) is 0 Å². The summed E-state index contributed by atoms with van der Waals surface area (Å²) in [6.45, 7) is 5.39. The van der Waals surface area contributed by atoms with Gasteiger partial charge in [0.2, 0.25) is 0 Å². The lowest BCUT2D eigenvalue weighted by atomic mass is 10.3. The molecule has 19 heavy (non-hydrogen) atoms. The Kier molecular flexibility index (Phi) is 10.3. The van der Waals surface area contributed by atoms with Crippen molar-refractivity contribution >= 4 is 11.8 Å². The normalized spacial score (nSPS) is 11.1. The van der Waals surface area contributed by atoms with Crippen molar-refractivity contribution in [2.45, 2.75) is 13.3 Å². The monoisotopic (exact) mass is 274 g/mol. The van der Waals surface area contributed by atoms with Gasteiger partial charge in [-0.15, -0.1) is 0 Å². The fourth-order valence-corrected chi connectivity index (χ4v) is 1.25. The summed E-state index contributed by atoms with van der Waals surface area (Å²) < 4.78 is 10.4.